The highest BCUT2D eigenvalue weighted by molar-refractivity contribution is 5.81. The van der Waals surface area contributed by atoms with Crippen LogP contribution in [-0.4, -0.2) is 18.4 Å². The highest BCUT2D eigenvalue weighted by Crippen LogP contribution is 2.07. The van der Waals surface area contributed by atoms with Gasteiger partial charge in [0.2, 0.25) is 11.8 Å². The molecule has 0 aliphatic carbocycles. The van der Waals surface area contributed by atoms with E-state index in [1.54, 1.807) is 0 Å². The summed E-state index contributed by atoms with van der Waals surface area (Å²) in [4.78, 5) is 20.2. The first-order valence-electron chi connectivity index (χ1n) is 6.77. The van der Waals surface area contributed by atoms with Gasteiger partial charge in [0.05, 0.1) is 0 Å². The van der Waals surface area contributed by atoms with Gasteiger partial charge in [0.25, 0.3) is 0 Å². The van der Waals surface area contributed by atoms with Crippen molar-refractivity contribution in [3.8, 4) is 0 Å². The quantitative estimate of drug-likeness (QED) is 0.606. The topological polar surface area (TPSA) is 72.2 Å². The van der Waals surface area contributed by atoms with Crippen LogP contribution in [0.2, 0.25) is 0 Å². The van der Waals surface area contributed by atoms with Crippen molar-refractivity contribution in [3.63, 3.8) is 0 Å². The zero-order chi connectivity index (χ0) is 13.9. The maximum Gasteiger partial charge on any atom is 0.221 e. The molecule has 0 aromatic heterocycles. The van der Waals surface area contributed by atoms with Gasteiger partial charge in [0.1, 0.15) is 0 Å². The van der Waals surface area contributed by atoms with E-state index in [1.807, 2.05) is 6.07 Å². The Morgan fingerprint density at radius 1 is 1.16 bits per heavy atom. The van der Waals surface area contributed by atoms with Crippen LogP contribution in [0.5, 0.6) is 0 Å². The van der Waals surface area contributed by atoms with E-state index >= 15 is 0 Å². The van der Waals surface area contributed by atoms with E-state index in [4.69, 9.17) is 5.73 Å². The maximum absolute atomic E-state index is 10.5. The van der Waals surface area contributed by atoms with E-state index in [0.717, 1.165) is 38.6 Å². The predicted molar refractivity (Wildman–Crippen MR) is 75.4 cm³/mol. The number of nitrogens with two attached hydrogens (primary N) is 1. The molecule has 104 valence electrons. The van der Waals surface area contributed by atoms with Crippen molar-refractivity contribution in [1.82, 2.24) is 5.32 Å². The summed E-state index contributed by atoms with van der Waals surface area (Å²) in [5.74, 6) is -0.00490. The van der Waals surface area contributed by atoms with Crippen LogP contribution in [0.25, 0.3) is 0 Å². The first kappa shape index (κ1) is 15.2. The molecule has 0 atom stereocenters. The van der Waals surface area contributed by atoms with Crippen LogP contribution in [-0.2, 0) is 16.0 Å². The van der Waals surface area contributed by atoms with Crippen LogP contribution >= 0.6 is 0 Å². The molecule has 1 aliphatic rings. The molecule has 0 saturated carbocycles. The SMILES string of the molecule is NC(=O)CCCCCc1ccccc1.O=C1CCN1. The third-order valence-electron chi connectivity index (χ3n) is 2.91. The fourth-order valence-corrected chi connectivity index (χ4v) is 1.68. The van der Waals surface area contributed by atoms with Gasteiger partial charge in [-0.1, -0.05) is 36.8 Å². The Morgan fingerprint density at radius 3 is 2.26 bits per heavy atom. The number of rotatable bonds is 6. The number of amides is 2. The second kappa shape index (κ2) is 9.14. The number of hydrogen-bond acceptors (Lipinski definition) is 2. The molecule has 4 nitrogen and oxygen atoms in total. The van der Waals surface area contributed by atoms with Crippen LogP contribution in [0.4, 0.5) is 0 Å². The molecule has 1 aromatic carbocycles. The summed E-state index contributed by atoms with van der Waals surface area (Å²) in [5, 5.41) is 2.57. The van der Waals surface area contributed by atoms with Gasteiger partial charge in [-0.05, 0) is 24.8 Å². The number of β-lactam (4-membered cyclic amide) rings is 1. The second-order valence-corrected chi connectivity index (χ2v) is 4.61. The Bertz CT molecular complexity index is 384. The molecule has 0 unspecified atom stereocenters. The molecular formula is C15H22N2O2. The lowest BCUT2D eigenvalue weighted by Gasteiger charge is -2.10. The second-order valence-electron chi connectivity index (χ2n) is 4.61. The molecule has 0 bridgehead atoms. The Labute approximate surface area is 114 Å². The highest BCUT2D eigenvalue weighted by Gasteiger charge is 2.07. The molecule has 2 rings (SSSR count). The lowest BCUT2D eigenvalue weighted by atomic mass is 10.1. The van der Waals surface area contributed by atoms with Gasteiger partial charge in [-0.25, -0.2) is 0 Å². The monoisotopic (exact) mass is 262 g/mol. The predicted octanol–water partition coefficient (Wildman–Crippen LogP) is 1.78. The Kier molecular flexibility index (Phi) is 7.32. The lowest BCUT2D eigenvalue weighted by Crippen LogP contribution is -2.37. The molecule has 0 radical (unpaired) electrons. The average molecular weight is 262 g/mol. The molecule has 1 fully saturated rings. The molecule has 3 N–H and O–H groups in total. The summed E-state index contributed by atoms with van der Waals surface area (Å²) in [6.07, 6.45) is 5.49. The minimum atomic E-state index is -0.190. The fraction of sp³-hybridized carbons (Fsp3) is 0.467. The summed E-state index contributed by atoms with van der Waals surface area (Å²) in [6, 6.07) is 10.4. The minimum Gasteiger partial charge on any atom is -0.370 e. The minimum absolute atomic E-state index is 0.185. The molecule has 1 aromatic rings. The largest absolute Gasteiger partial charge is 0.370 e. The molecule has 1 saturated heterocycles. The molecule has 2 amide bonds. The third kappa shape index (κ3) is 7.97. The zero-order valence-corrected chi connectivity index (χ0v) is 11.2. The number of aryl methyl sites for hydroxylation is 1. The van der Waals surface area contributed by atoms with Gasteiger partial charge >= 0.3 is 0 Å². The maximum atomic E-state index is 10.5. The van der Waals surface area contributed by atoms with E-state index in [2.05, 4.69) is 29.6 Å². The van der Waals surface area contributed by atoms with E-state index in [0.29, 0.717) is 6.42 Å². The van der Waals surface area contributed by atoms with Crippen molar-refractivity contribution < 1.29 is 9.59 Å². The summed E-state index contributed by atoms with van der Waals surface area (Å²) < 4.78 is 0. The van der Waals surface area contributed by atoms with Crippen molar-refractivity contribution in [3.05, 3.63) is 35.9 Å². The van der Waals surface area contributed by atoms with Crippen LogP contribution in [0.15, 0.2) is 30.3 Å². The van der Waals surface area contributed by atoms with Gasteiger partial charge < -0.3 is 11.1 Å². The fourth-order valence-electron chi connectivity index (χ4n) is 1.68. The number of carbonyl (C=O) groups excluding carboxylic acids is 2. The number of hydrogen-bond donors (Lipinski definition) is 2. The van der Waals surface area contributed by atoms with Crippen LogP contribution < -0.4 is 11.1 Å². The number of nitrogens with one attached hydrogen (secondary N) is 1. The van der Waals surface area contributed by atoms with E-state index in [1.165, 1.54) is 5.56 Å². The summed E-state index contributed by atoms with van der Waals surface area (Å²) >= 11 is 0. The van der Waals surface area contributed by atoms with Crippen molar-refractivity contribution in [2.75, 3.05) is 6.54 Å². The Balaban J connectivity index is 0.000000300. The van der Waals surface area contributed by atoms with Crippen LogP contribution in [0.3, 0.4) is 0 Å². The Morgan fingerprint density at radius 2 is 1.79 bits per heavy atom. The van der Waals surface area contributed by atoms with Gasteiger partial charge in [0.15, 0.2) is 0 Å². The van der Waals surface area contributed by atoms with Crippen molar-refractivity contribution in [1.29, 1.82) is 0 Å². The molecule has 0 spiro atoms. The summed E-state index contributed by atoms with van der Waals surface area (Å²) in [6.45, 7) is 0.888. The molecule has 4 heteroatoms. The standard InChI is InChI=1S/C12H17NO.C3H5NO/c13-12(14)10-6-2-5-9-11-7-3-1-4-8-11;5-3-1-2-4-3/h1,3-4,7-8H,2,5-6,9-10H2,(H2,13,14);1-2H2,(H,4,5). The van der Waals surface area contributed by atoms with E-state index in [-0.39, 0.29) is 11.8 Å². The normalized spacial score (nSPS) is 12.7. The summed E-state index contributed by atoms with van der Waals surface area (Å²) in [5.41, 5.74) is 6.41. The number of unbranched alkanes of at least 4 members (excludes halogenated alkanes) is 2. The van der Waals surface area contributed by atoms with Gasteiger partial charge in [-0.3, -0.25) is 9.59 Å². The van der Waals surface area contributed by atoms with Crippen molar-refractivity contribution in [2.24, 2.45) is 5.73 Å². The van der Waals surface area contributed by atoms with Gasteiger partial charge in [-0.2, -0.15) is 0 Å². The smallest absolute Gasteiger partial charge is 0.221 e. The van der Waals surface area contributed by atoms with Gasteiger partial charge in [0, 0.05) is 19.4 Å². The lowest BCUT2D eigenvalue weighted by molar-refractivity contribution is -0.125. The van der Waals surface area contributed by atoms with Crippen molar-refractivity contribution >= 4 is 11.8 Å². The summed E-state index contributed by atoms with van der Waals surface area (Å²) in [7, 11) is 0. The Hall–Kier alpha value is -1.84. The number of carbonyl (C=O) groups is 2. The van der Waals surface area contributed by atoms with Crippen LogP contribution in [0.1, 0.15) is 37.7 Å². The van der Waals surface area contributed by atoms with Gasteiger partial charge in [-0.15, -0.1) is 0 Å². The number of primary amides is 1. The molecule has 1 heterocycles. The zero-order valence-electron chi connectivity index (χ0n) is 11.2. The molecule has 1 aliphatic heterocycles. The molecule has 19 heavy (non-hydrogen) atoms. The average Bonchev–Trinajstić information content (AvgIpc) is 2.37. The number of benzene rings is 1. The molecular weight excluding hydrogens is 240 g/mol. The van der Waals surface area contributed by atoms with E-state index < -0.39 is 0 Å². The van der Waals surface area contributed by atoms with Crippen LogP contribution in [0, 0.1) is 0 Å². The van der Waals surface area contributed by atoms with E-state index in [9.17, 15) is 9.59 Å². The van der Waals surface area contributed by atoms with Crippen molar-refractivity contribution in [2.45, 2.75) is 38.5 Å². The first-order chi connectivity index (χ1) is 9.18. The first-order valence-corrected chi connectivity index (χ1v) is 6.77. The third-order valence-corrected chi connectivity index (χ3v) is 2.91. The highest BCUT2D eigenvalue weighted by atomic mass is 16.2.